The molecule has 22 heavy (non-hydrogen) atoms. The molecule has 118 valence electrons. The monoisotopic (exact) mass is 325 g/mol. The average molecular weight is 325 g/mol. The fourth-order valence-electron chi connectivity index (χ4n) is 1.39. The lowest BCUT2D eigenvalue weighted by Gasteiger charge is -2.19. The van der Waals surface area contributed by atoms with E-state index in [9.17, 15) is 9.59 Å². The Morgan fingerprint density at radius 3 is 2.55 bits per heavy atom. The Balaban J connectivity index is 3.28. The molecule has 0 radical (unpaired) electrons. The number of hydrogen-bond acceptors (Lipinski definition) is 7. The standard InChI is InChI=1S/C13H15N3O5S/c1-8(10-5-4-6-21-10)15-16(13(14)22)9(12(18)20-3)7-11(17)19-2/h4-7H,1-3H3,(H2,14,22)/b9-7-,15-8+. The molecule has 0 amide bonds. The number of furan rings is 1. The van der Waals surface area contributed by atoms with Gasteiger partial charge in [0, 0.05) is 0 Å². The summed E-state index contributed by atoms with van der Waals surface area (Å²) in [5.41, 5.74) is 5.67. The number of rotatable bonds is 5. The zero-order valence-electron chi connectivity index (χ0n) is 12.2. The van der Waals surface area contributed by atoms with Gasteiger partial charge >= 0.3 is 11.9 Å². The summed E-state index contributed by atoms with van der Waals surface area (Å²) in [5, 5.41) is 4.73. The lowest BCUT2D eigenvalue weighted by Crippen LogP contribution is -2.35. The van der Waals surface area contributed by atoms with E-state index < -0.39 is 11.9 Å². The number of thiocarbonyl (C=S) groups is 1. The molecule has 0 saturated heterocycles. The molecule has 0 fully saturated rings. The molecule has 2 N–H and O–H groups in total. The van der Waals surface area contributed by atoms with Gasteiger partial charge in [0.15, 0.2) is 10.8 Å². The SMILES string of the molecule is COC(=O)/C=C(/C(=O)OC)N(/N=C(\C)c1ccco1)C(N)=S. The van der Waals surface area contributed by atoms with Crippen molar-refractivity contribution in [1.29, 1.82) is 0 Å². The van der Waals surface area contributed by atoms with Crippen LogP contribution < -0.4 is 5.73 Å². The van der Waals surface area contributed by atoms with Crippen molar-refractivity contribution in [1.82, 2.24) is 5.01 Å². The van der Waals surface area contributed by atoms with E-state index in [0.717, 1.165) is 25.3 Å². The fraction of sp³-hybridized carbons (Fsp3) is 0.231. The molecule has 0 unspecified atom stereocenters. The third-order valence-corrected chi connectivity index (χ3v) is 2.59. The molecular formula is C13H15N3O5S. The van der Waals surface area contributed by atoms with Crippen LogP contribution in [0.15, 0.2) is 39.7 Å². The minimum absolute atomic E-state index is 0.258. The summed E-state index contributed by atoms with van der Waals surface area (Å²) >= 11 is 4.86. The highest BCUT2D eigenvalue weighted by Crippen LogP contribution is 2.11. The van der Waals surface area contributed by atoms with Gasteiger partial charge in [-0.1, -0.05) is 0 Å². The number of methoxy groups -OCH3 is 2. The van der Waals surface area contributed by atoms with E-state index in [2.05, 4.69) is 14.6 Å². The molecule has 0 saturated carbocycles. The summed E-state index contributed by atoms with van der Waals surface area (Å²) in [5.74, 6) is -1.19. The smallest absolute Gasteiger partial charge is 0.357 e. The molecule has 0 aromatic carbocycles. The number of nitrogens with zero attached hydrogens (tertiary/aromatic N) is 2. The number of nitrogens with two attached hydrogens (primary N) is 1. The van der Waals surface area contributed by atoms with Crippen LogP contribution in [-0.4, -0.2) is 42.0 Å². The van der Waals surface area contributed by atoms with Gasteiger partial charge in [-0.2, -0.15) is 10.1 Å². The zero-order valence-corrected chi connectivity index (χ0v) is 13.0. The third-order valence-electron chi connectivity index (χ3n) is 2.41. The van der Waals surface area contributed by atoms with E-state index in [4.69, 9.17) is 22.4 Å². The van der Waals surface area contributed by atoms with Crippen LogP contribution in [-0.2, 0) is 19.1 Å². The fourth-order valence-corrected chi connectivity index (χ4v) is 1.53. The third kappa shape index (κ3) is 4.42. The van der Waals surface area contributed by atoms with Gasteiger partial charge in [-0.05, 0) is 31.3 Å². The Morgan fingerprint density at radius 1 is 1.41 bits per heavy atom. The second-order valence-electron chi connectivity index (χ2n) is 3.86. The number of carbonyl (C=O) groups is 2. The largest absolute Gasteiger partial charge is 0.466 e. The second-order valence-corrected chi connectivity index (χ2v) is 4.28. The molecule has 8 nitrogen and oxygen atoms in total. The van der Waals surface area contributed by atoms with Crippen LogP contribution in [0.4, 0.5) is 0 Å². The maximum atomic E-state index is 11.8. The maximum Gasteiger partial charge on any atom is 0.357 e. The van der Waals surface area contributed by atoms with Crippen LogP contribution in [0.2, 0.25) is 0 Å². The average Bonchev–Trinajstić information content (AvgIpc) is 3.03. The molecular weight excluding hydrogens is 310 g/mol. The Kier molecular flexibility index (Phi) is 6.26. The predicted octanol–water partition coefficient (Wildman–Crippen LogP) is 0.779. The van der Waals surface area contributed by atoms with Gasteiger partial charge in [0.05, 0.1) is 26.6 Å². The molecule has 0 bridgehead atoms. The molecule has 0 atom stereocenters. The van der Waals surface area contributed by atoms with E-state index >= 15 is 0 Å². The van der Waals surface area contributed by atoms with E-state index in [0.29, 0.717) is 11.5 Å². The van der Waals surface area contributed by atoms with Gasteiger partial charge < -0.3 is 19.6 Å². The lowest BCUT2D eigenvalue weighted by atomic mass is 10.3. The molecule has 0 spiro atoms. The molecule has 1 rings (SSSR count). The van der Waals surface area contributed by atoms with Crippen LogP contribution in [0.25, 0.3) is 0 Å². The minimum atomic E-state index is -0.853. The van der Waals surface area contributed by atoms with Gasteiger partial charge in [-0.3, -0.25) is 0 Å². The van der Waals surface area contributed by atoms with Crippen LogP contribution in [0.1, 0.15) is 12.7 Å². The summed E-state index contributed by atoms with van der Waals surface area (Å²) in [4.78, 5) is 23.2. The maximum absolute atomic E-state index is 11.8. The first-order valence-electron chi connectivity index (χ1n) is 5.97. The predicted molar refractivity (Wildman–Crippen MR) is 81.7 cm³/mol. The van der Waals surface area contributed by atoms with Crippen LogP contribution in [0.3, 0.4) is 0 Å². The Hall–Kier alpha value is -2.68. The van der Waals surface area contributed by atoms with Crippen molar-refractivity contribution in [2.24, 2.45) is 10.8 Å². The van der Waals surface area contributed by atoms with E-state index in [1.165, 1.54) is 6.26 Å². The Labute approximate surface area is 132 Å². The highest BCUT2D eigenvalue weighted by Gasteiger charge is 2.23. The summed E-state index contributed by atoms with van der Waals surface area (Å²) in [6.07, 6.45) is 2.34. The molecule has 1 aromatic heterocycles. The van der Waals surface area contributed by atoms with Gasteiger partial charge in [-0.15, -0.1) is 0 Å². The zero-order chi connectivity index (χ0) is 16.7. The molecule has 0 aliphatic heterocycles. The van der Waals surface area contributed by atoms with Crippen LogP contribution in [0, 0.1) is 0 Å². The van der Waals surface area contributed by atoms with Gasteiger partial charge in [0.1, 0.15) is 11.5 Å². The molecule has 1 heterocycles. The van der Waals surface area contributed by atoms with Crippen LogP contribution >= 0.6 is 12.2 Å². The Morgan fingerprint density at radius 2 is 2.09 bits per heavy atom. The van der Waals surface area contributed by atoms with Crippen molar-refractivity contribution < 1.29 is 23.5 Å². The van der Waals surface area contributed by atoms with E-state index in [-0.39, 0.29) is 10.8 Å². The number of carbonyl (C=O) groups excluding carboxylic acids is 2. The first kappa shape index (κ1) is 17.4. The topological polar surface area (TPSA) is 107 Å². The van der Waals surface area contributed by atoms with Gasteiger partial charge in [-0.25, -0.2) is 9.59 Å². The molecule has 1 aromatic rings. The minimum Gasteiger partial charge on any atom is -0.466 e. The van der Waals surface area contributed by atoms with E-state index in [1.807, 2.05) is 0 Å². The quantitative estimate of drug-likeness (QED) is 0.278. The van der Waals surface area contributed by atoms with Crippen molar-refractivity contribution >= 4 is 35.0 Å². The molecule has 0 aliphatic rings. The van der Waals surface area contributed by atoms with E-state index in [1.54, 1.807) is 19.1 Å². The summed E-state index contributed by atoms with van der Waals surface area (Å²) in [6, 6.07) is 3.34. The van der Waals surface area contributed by atoms with Crippen molar-refractivity contribution in [3.63, 3.8) is 0 Å². The summed E-state index contributed by atoms with van der Waals surface area (Å²) < 4.78 is 14.3. The first-order valence-corrected chi connectivity index (χ1v) is 6.38. The lowest BCUT2D eigenvalue weighted by molar-refractivity contribution is -0.139. The van der Waals surface area contributed by atoms with Crippen LogP contribution in [0.5, 0.6) is 0 Å². The number of ether oxygens (including phenoxy) is 2. The number of esters is 2. The molecule has 0 aliphatic carbocycles. The number of hydrogen-bond donors (Lipinski definition) is 1. The van der Waals surface area contributed by atoms with Crippen molar-refractivity contribution in [2.45, 2.75) is 6.92 Å². The number of hydrazone groups is 1. The second kappa shape index (κ2) is 7.93. The normalized spacial score (nSPS) is 11.8. The van der Waals surface area contributed by atoms with Crippen molar-refractivity contribution in [3.05, 3.63) is 35.9 Å². The summed E-state index contributed by atoms with van der Waals surface area (Å²) in [7, 11) is 2.31. The first-order chi connectivity index (χ1) is 10.4. The van der Waals surface area contributed by atoms with Crippen molar-refractivity contribution in [2.75, 3.05) is 14.2 Å². The summed E-state index contributed by atoms with van der Waals surface area (Å²) in [6.45, 7) is 1.62. The molecule has 9 heteroatoms. The van der Waals surface area contributed by atoms with Crippen molar-refractivity contribution in [3.8, 4) is 0 Å². The highest BCUT2D eigenvalue weighted by atomic mass is 32.1. The van der Waals surface area contributed by atoms with Gasteiger partial charge in [0.25, 0.3) is 0 Å². The highest BCUT2D eigenvalue weighted by molar-refractivity contribution is 7.80. The van der Waals surface area contributed by atoms with Gasteiger partial charge in [0.2, 0.25) is 0 Å². The Bertz CT molecular complexity index is 622.